The molecule has 1 heterocycles. The molecule has 0 unspecified atom stereocenters. The molecule has 1 aliphatic rings. The molecular weight excluding hydrogens is 370 g/mol. The minimum atomic E-state index is 0.0219. The van der Waals surface area contributed by atoms with E-state index in [1.807, 2.05) is 24.7 Å². The van der Waals surface area contributed by atoms with Crippen molar-refractivity contribution in [3.63, 3.8) is 0 Å². The van der Waals surface area contributed by atoms with E-state index in [1.54, 1.807) is 4.90 Å². The number of carbonyl (C=O) groups excluding carboxylic acids is 1. The Bertz CT molecular complexity index is 787. The molecule has 0 N–H and O–H groups in total. The third-order valence-corrected chi connectivity index (χ3v) is 6.74. The largest absolute Gasteiger partial charge is 0.330 e. The van der Waals surface area contributed by atoms with E-state index in [0.29, 0.717) is 0 Å². The summed E-state index contributed by atoms with van der Waals surface area (Å²) in [6, 6.07) is 8.34. The summed E-state index contributed by atoms with van der Waals surface area (Å²) in [5, 5.41) is 1.21. The summed E-state index contributed by atoms with van der Waals surface area (Å²) in [5.74, 6) is 0.927. The van der Waals surface area contributed by atoms with Gasteiger partial charge in [-0.25, -0.2) is 4.79 Å². The molecule has 1 aromatic carbocycles. The highest BCUT2D eigenvalue weighted by Crippen LogP contribution is 2.26. The van der Waals surface area contributed by atoms with Gasteiger partial charge in [0.2, 0.25) is 0 Å². The van der Waals surface area contributed by atoms with E-state index < -0.39 is 0 Å². The van der Waals surface area contributed by atoms with Gasteiger partial charge in [-0.3, -0.25) is 4.57 Å². The zero-order chi connectivity index (χ0) is 21.3. The Balaban J connectivity index is 1.67. The molecular formula is C26H41N3O. The maximum atomic E-state index is 12.6. The Hall–Kier alpha value is -1.81. The highest BCUT2D eigenvalue weighted by molar-refractivity contribution is 5.93. The minimum Gasteiger partial charge on any atom is -0.330 e. The van der Waals surface area contributed by atoms with Gasteiger partial charge in [-0.05, 0) is 49.9 Å². The molecule has 1 fully saturated rings. The van der Waals surface area contributed by atoms with Gasteiger partial charge in [0.15, 0.2) is 0 Å². The SMILES string of the molecule is CCCCN(CCc1cn(C(=O)N(C)C)c2ccccc12)CCC1CCCCCC1. The predicted octanol–water partition coefficient (Wildman–Crippen LogP) is 6.18. The molecule has 0 aliphatic heterocycles. The van der Waals surface area contributed by atoms with Gasteiger partial charge < -0.3 is 9.80 Å². The number of hydrogen-bond acceptors (Lipinski definition) is 2. The molecule has 166 valence electrons. The monoisotopic (exact) mass is 411 g/mol. The van der Waals surface area contributed by atoms with Gasteiger partial charge in [-0.2, -0.15) is 0 Å². The number of unbranched alkanes of at least 4 members (excludes halogenated alkanes) is 1. The second-order valence-corrected chi connectivity index (χ2v) is 9.31. The summed E-state index contributed by atoms with van der Waals surface area (Å²) in [6.45, 7) is 5.78. The van der Waals surface area contributed by atoms with Crippen LogP contribution in [0.25, 0.3) is 10.9 Å². The normalized spacial score (nSPS) is 15.6. The first-order valence-corrected chi connectivity index (χ1v) is 12.1. The maximum absolute atomic E-state index is 12.6. The van der Waals surface area contributed by atoms with Crippen LogP contribution in [0, 0.1) is 5.92 Å². The lowest BCUT2D eigenvalue weighted by Gasteiger charge is -2.24. The molecule has 1 amide bonds. The Morgan fingerprint density at radius 3 is 2.47 bits per heavy atom. The Labute approximate surface area is 183 Å². The smallest absolute Gasteiger partial charge is 0.328 e. The highest BCUT2D eigenvalue weighted by atomic mass is 16.2. The summed E-state index contributed by atoms with van der Waals surface area (Å²) >= 11 is 0. The van der Waals surface area contributed by atoms with Crippen LogP contribution >= 0.6 is 0 Å². The fourth-order valence-corrected chi connectivity index (χ4v) is 4.84. The van der Waals surface area contributed by atoms with Crippen molar-refractivity contribution >= 4 is 16.9 Å². The number of fused-ring (bicyclic) bond motifs is 1. The van der Waals surface area contributed by atoms with E-state index in [-0.39, 0.29) is 6.03 Å². The van der Waals surface area contributed by atoms with Gasteiger partial charge in [0.05, 0.1) is 5.52 Å². The average Bonchev–Trinajstić information content (AvgIpc) is 2.92. The lowest BCUT2D eigenvalue weighted by atomic mass is 9.96. The van der Waals surface area contributed by atoms with Crippen LogP contribution in [-0.4, -0.2) is 54.1 Å². The number of nitrogens with zero attached hydrogens (tertiary/aromatic N) is 3. The van der Waals surface area contributed by atoms with Crippen molar-refractivity contribution < 1.29 is 4.79 Å². The molecule has 1 aliphatic carbocycles. The van der Waals surface area contributed by atoms with Crippen LogP contribution in [0.3, 0.4) is 0 Å². The second kappa shape index (κ2) is 11.5. The van der Waals surface area contributed by atoms with Gasteiger partial charge >= 0.3 is 6.03 Å². The zero-order valence-corrected chi connectivity index (χ0v) is 19.4. The van der Waals surface area contributed by atoms with E-state index in [1.165, 1.54) is 81.8 Å². The molecule has 0 bridgehead atoms. The van der Waals surface area contributed by atoms with Crippen molar-refractivity contribution in [2.24, 2.45) is 5.92 Å². The quantitative estimate of drug-likeness (QED) is 0.461. The molecule has 0 radical (unpaired) electrons. The van der Waals surface area contributed by atoms with Crippen molar-refractivity contribution in [3.05, 3.63) is 36.0 Å². The van der Waals surface area contributed by atoms with Crippen molar-refractivity contribution in [1.29, 1.82) is 0 Å². The molecule has 3 rings (SSSR count). The van der Waals surface area contributed by atoms with Crippen LogP contribution in [0.5, 0.6) is 0 Å². The molecule has 4 heteroatoms. The molecule has 1 saturated carbocycles. The first kappa shape index (κ1) is 22.9. The molecule has 0 atom stereocenters. The van der Waals surface area contributed by atoms with E-state index in [9.17, 15) is 4.79 Å². The standard InChI is InChI=1S/C26H41N3O/c1-4-5-18-28(19-16-22-12-8-6-7-9-13-22)20-17-23-21-29(26(30)27(2)3)25-15-11-10-14-24(23)25/h10-11,14-15,21-22H,4-9,12-13,16-20H2,1-3H3. The van der Waals surface area contributed by atoms with Gasteiger partial charge in [-0.15, -0.1) is 0 Å². The van der Waals surface area contributed by atoms with Gasteiger partial charge in [0.1, 0.15) is 0 Å². The molecule has 2 aromatic rings. The van der Waals surface area contributed by atoms with E-state index >= 15 is 0 Å². The molecule has 0 spiro atoms. The number of aromatic nitrogens is 1. The molecule has 30 heavy (non-hydrogen) atoms. The average molecular weight is 412 g/mol. The van der Waals surface area contributed by atoms with Crippen molar-refractivity contribution in [2.75, 3.05) is 33.7 Å². The first-order chi connectivity index (χ1) is 14.6. The summed E-state index contributed by atoms with van der Waals surface area (Å²) in [5.41, 5.74) is 2.31. The minimum absolute atomic E-state index is 0.0219. The van der Waals surface area contributed by atoms with Crippen molar-refractivity contribution in [1.82, 2.24) is 14.4 Å². The zero-order valence-electron chi connectivity index (χ0n) is 19.4. The fraction of sp³-hybridized carbons (Fsp3) is 0.654. The maximum Gasteiger partial charge on any atom is 0.328 e. The fourth-order valence-electron chi connectivity index (χ4n) is 4.84. The third-order valence-electron chi connectivity index (χ3n) is 6.74. The van der Waals surface area contributed by atoms with Gasteiger partial charge in [0.25, 0.3) is 0 Å². The Morgan fingerprint density at radius 1 is 1.03 bits per heavy atom. The van der Waals surface area contributed by atoms with Gasteiger partial charge in [-0.1, -0.05) is 70.1 Å². The lowest BCUT2D eigenvalue weighted by molar-refractivity contribution is 0.220. The summed E-state index contributed by atoms with van der Waals surface area (Å²) in [6.07, 6.45) is 15.5. The van der Waals surface area contributed by atoms with E-state index in [4.69, 9.17) is 0 Å². The van der Waals surface area contributed by atoms with E-state index in [2.05, 4.69) is 36.2 Å². The van der Waals surface area contributed by atoms with Crippen LogP contribution in [0.1, 0.15) is 70.3 Å². The van der Waals surface area contributed by atoms with Crippen molar-refractivity contribution in [2.45, 2.75) is 71.1 Å². The van der Waals surface area contributed by atoms with Crippen LogP contribution in [-0.2, 0) is 6.42 Å². The number of carbonyl (C=O) groups is 1. The van der Waals surface area contributed by atoms with Crippen LogP contribution in [0.15, 0.2) is 30.5 Å². The predicted molar refractivity (Wildman–Crippen MR) is 127 cm³/mol. The van der Waals surface area contributed by atoms with Crippen LogP contribution in [0.2, 0.25) is 0 Å². The number of para-hydroxylation sites is 1. The number of rotatable bonds is 9. The molecule has 0 saturated heterocycles. The van der Waals surface area contributed by atoms with Crippen molar-refractivity contribution in [3.8, 4) is 0 Å². The van der Waals surface area contributed by atoms with Gasteiger partial charge in [0, 0.05) is 32.2 Å². The van der Waals surface area contributed by atoms with E-state index in [0.717, 1.165) is 24.4 Å². The Kier molecular flexibility index (Phi) is 8.80. The van der Waals surface area contributed by atoms with Crippen LogP contribution < -0.4 is 0 Å². The second-order valence-electron chi connectivity index (χ2n) is 9.31. The highest BCUT2D eigenvalue weighted by Gasteiger charge is 2.17. The summed E-state index contributed by atoms with van der Waals surface area (Å²) in [4.78, 5) is 17.0. The molecule has 4 nitrogen and oxygen atoms in total. The number of amides is 1. The Morgan fingerprint density at radius 2 is 1.77 bits per heavy atom. The summed E-state index contributed by atoms with van der Waals surface area (Å²) < 4.78 is 1.81. The number of hydrogen-bond donors (Lipinski definition) is 0. The first-order valence-electron chi connectivity index (χ1n) is 12.1. The topological polar surface area (TPSA) is 28.5 Å². The van der Waals surface area contributed by atoms with Crippen LogP contribution in [0.4, 0.5) is 4.79 Å². The lowest BCUT2D eigenvalue weighted by Crippen LogP contribution is -2.29. The molecule has 1 aromatic heterocycles. The summed E-state index contributed by atoms with van der Waals surface area (Å²) in [7, 11) is 3.63. The number of benzene rings is 1. The third kappa shape index (κ3) is 6.10.